The van der Waals surface area contributed by atoms with Crippen molar-refractivity contribution in [3.8, 4) is 0 Å². The minimum atomic E-state index is -1.64. The summed E-state index contributed by atoms with van der Waals surface area (Å²) in [6.07, 6.45) is 1.75. The van der Waals surface area contributed by atoms with Crippen LogP contribution in [-0.4, -0.2) is 24.4 Å². The number of nitrogens with one attached hydrogen (secondary N) is 1. The molecule has 0 atom stereocenters. The number of anilines is 1. The number of hydrogen-bond donors (Lipinski definition) is 1. The molecule has 0 saturated heterocycles. The summed E-state index contributed by atoms with van der Waals surface area (Å²) in [5.41, 5.74) is 2.23. The van der Waals surface area contributed by atoms with Gasteiger partial charge in [-0.2, -0.15) is 0 Å². The van der Waals surface area contributed by atoms with Gasteiger partial charge in [0, 0.05) is 19.0 Å². The Morgan fingerprint density at radius 3 is 2.16 bits per heavy atom. The molecular weight excluding hydrogens is 280 g/mol. The van der Waals surface area contributed by atoms with Gasteiger partial charge in [-0.15, -0.1) is 0 Å². The largest absolute Gasteiger partial charge is 0.556 e. The highest BCUT2D eigenvalue weighted by atomic mass is 32.7. The molecule has 0 spiro atoms. The van der Waals surface area contributed by atoms with E-state index in [1.807, 2.05) is 13.3 Å². The van der Waals surface area contributed by atoms with Gasteiger partial charge in [0.05, 0.1) is 0 Å². The average molecular weight is 299 g/mol. The molecule has 1 aliphatic rings. The van der Waals surface area contributed by atoms with E-state index in [4.69, 9.17) is 12.2 Å². The SMILES string of the molecule is Cc1cc(F)cc(C)c1NC(=O)C1([P+](C)(C)[S-])CC1. The van der Waals surface area contributed by atoms with Crippen molar-refractivity contribution in [3.63, 3.8) is 0 Å². The molecule has 1 N–H and O–H groups in total. The Balaban J connectivity index is 2.26. The van der Waals surface area contributed by atoms with E-state index in [2.05, 4.69) is 5.32 Å². The predicted octanol–water partition coefficient (Wildman–Crippen LogP) is 3.65. The van der Waals surface area contributed by atoms with Crippen LogP contribution in [0.3, 0.4) is 0 Å². The van der Waals surface area contributed by atoms with Crippen LogP contribution in [0.4, 0.5) is 10.1 Å². The molecule has 1 aromatic carbocycles. The Labute approximate surface area is 119 Å². The quantitative estimate of drug-likeness (QED) is 0.682. The van der Waals surface area contributed by atoms with Gasteiger partial charge in [0.1, 0.15) is 11.0 Å². The van der Waals surface area contributed by atoms with E-state index in [1.54, 1.807) is 13.8 Å². The Kier molecular flexibility index (Phi) is 3.70. The normalized spacial score (nSPS) is 17.2. The van der Waals surface area contributed by atoms with Crippen LogP contribution in [0.2, 0.25) is 0 Å². The zero-order valence-electron chi connectivity index (χ0n) is 11.7. The maximum atomic E-state index is 13.3. The summed E-state index contributed by atoms with van der Waals surface area (Å²) < 4.78 is 13.3. The van der Waals surface area contributed by atoms with Crippen LogP contribution >= 0.6 is 6.46 Å². The highest BCUT2D eigenvalue weighted by Gasteiger charge is 2.60. The molecule has 2 nitrogen and oxygen atoms in total. The number of rotatable bonds is 3. The molecular formula is C14H19FNOPS. The van der Waals surface area contributed by atoms with Crippen molar-refractivity contribution in [2.75, 3.05) is 18.6 Å². The summed E-state index contributed by atoms with van der Waals surface area (Å²) >= 11 is 5.55. The number of amides is 1. The van der Waals surface area contributed by atoms with Crippen molar-refractivity contribution in [3.05, 3.63) is 29.1 Å². The lowest BCUT2D eigenvalue weighted by Gasteiger charge is -2.32. The second kappa shape index (κ2) is 4.75. The number of carbonyl (C=O) groups is 1. The third kappa shape index (κ3) is 2.66. The fourth-order valence-corrected chi connectivity index (χ4v) is 5.00. The highest BCUT2D eigenvalue weighted by molar-refractivity contribution is 8.42. The average Bonchev–Trinajstić information content (AvgIpc) is 3.02. The van der Waals surface area contributed by atoms with Crippen LogP contribution in [0.5, 0.6) is 0 Å². The lowest BCUT2D eigenvalue weighted by atomic mass is 10.1. The second-order valence-corrected chi connectivity index (χ2v) is 12.0. The zero-order valence-corrected chi connectivity index (χ0v) is 13.4. The Morgan fingerprint density at radius 2 is 1.79 bits per heavy atom. The molecule has 0 unspecified atom stereocenters. The number of aryl methyl sites for hydroxylation is 2. The van der Waals surface area contributed by atoms with Gasteiger partial charge in [-0.1, -0.05) is 6.46 Å². The zero-order chi connectivity index (χ0) is 14.4. The third-order valence-corrected chi connectivity index (χ3v) is 7.67. The molecule has 19 heavy (non-hydrogen) atoms. The summed E-state index contributed by atoms with van der Waals surface area (Å²) in [6, 6.07) is 2.88. The topological polar surface area (TPSA) is 29.1 Å². The van der Waals surface area contributed by atoms with Crippen molar-refractivity contribution >= 4 is 30.3 Å². The lowest BCUT2D eigenvalue weighted by Crippen LogP contribution is -2.31. The molecule has 1 aliphatic carbocycles. The van der Waals surface area contributed by atoms with Crippen molar-refractivity contribution in [1.29, 1.82) is 0 Å². The molecule has 5 heteroatoms. The molecule has 1 amide bonds. The predicted molar refractivity (Wildman–Crippen MR) is 82.6 cm³/mol. The van der Waals surface area contributed by atoms with E-state index < -0.39 is 6.46 Å². The number of halogens is 1. The maximum Gasteiger partial charge on any atom is 0.266 e. The van der Waals surface area contributed by atoms with Gasteiger partial charge >= 0.3 is 0 Å². The Hall–Kier alpha value is -0.600. The monoisotopic (exact) mass is 299 g/mol. The van der Waals surface area contributed by atoms with E-state index >= 15 is 0 Å². The minimum Gasteiger partial charge on any atom is -0.556 e. The van der Waals surface area contributed by atoms with Crippen molar-refractivity contribution in [1.82, 2.24) is 0 Å². The fourth-order valence-electron chi connectivity index (χ4n) is 2.47. The Morgan fingerprint density at radius 1 is 1.32 bits per heavy atom. The van der Waals surface area contributed by atoms with E-state index in [0.29, 0.717) is 0 Å². The second-order valence-electron chi connectivity index (χ2n) is 5.75. The third-order valence-electron chi connectivity index (χ3n) is 3.91. The molecule has 0 radical (unpaired) electrons. The lowest BCUT2D eigenvalue weighted by molar-refractivity contribution is -0.116. The van der Waals surface area contributed by atoms with E-state index in [9.17, 15) is 9.18 Å². The minimum absolute atomic E-state index is 0.0126. The van der Waals surface area contributed by atoms with Crippen molar-refractivity contribution in [2.24, 2.45) is 0 Å². The van der Waals surface area contributed by atoms with Crippen LogP contribution in [0.25, 0.3) is 0 Å². The van der Waals surface area contributed by atoms with Crippen molar-refractivity contribution in [2.45, 2.75) is 31.8 Å². The summed E-state index contributed by atoms with van der Waals surface area (Å²) in [6.45, 7) is 6.02. The number of hydrogen-bond acceptors (Lipinski definition) is 2. The van der Waals surface area contributed by atoms with Gasteiger partial charge in [0.2, 0.25) is 0 Å². The summed E-state index contributed by atoms with van der Waals surface area (Å²) in [4.78, 5) is 12.5. The Bertz CT molecular complexity index is 512. The molecule has 104 valence electrons. The van der Waals surface area contributed by atoms with Gasteiger partial charge in [-0.3, -0.25) is 4.79 Å². The van der Waals surface area contributed by atoms with Gasteiger partial charge in [-0.25, -0.2) is 4.39 Å². The van der Waals surface area contributed by atoms with Gasteiger partial charge < -0.3 is 17.6 Å². The molecule has 1 saturated carbocycles. The van der Waals surface area contributed by atoms with E-state index in [-0.39, 0.29) is 16.9 Å². The number of benzene rings is 1. The van der Waals surface area contributed by atoms with Crippen LogP contribution in [0, 0.1) is 19.7 Å². The summed E-state index contributed by atoms with van der Waals surface area (Å²) in [7, 11) is 0. The van der Waals surface area contributed by atoms with Crippen LogP contribution < -0.4 is 5.32 Å². The smallest absolute Gasteiger partial charge is 0.266 e. The standard InChI is InChI=1S/C14H19FNOPS/c1-9-7-11(15)8-10(2)12(9)16-13(17)14(5-6-14)18(3,4)19/h7-8H,5-6H2,1-4H3,(H,16,17). The molecule has 1 aromatic rings. The van der Waals surface area contributed by atoms with E-state index in [0.717, 1.165) is 29.7 Å². The van der Waals surface area contributed by atoms with E-state index in [1.165, 1.54) is 12.1 Å². The first kappa shape index (κ1) is 14.8. The molecule has 0 bridgehead atoms. The van der Waals surface area contributed by atoms with Crippen LogP contribution in [-0.2, 0) is 17.0 Å². The summed E-state index contributed by atoms with van der Waals surface area (Å²) in [5.74, 6) is -0.260. The highest BCUT2D eigenvalue weighted by Crippen LogP contribution is 2.72. The molecule has 0 aliphatic heterocycles. The molecule has 2 rings (SSSR count). The fraction of sp³-hybridized carbons (Fsp3) is 0.500. The van der Waals surface area contributed by atoms with Gasteiger partial charge in [0.25, 0.3) is 5.91 Å². The van der Waals surface area contributed by atoms with Crippen LogP contribution in [0.1, 0.15) is 24.0 Å². The maximum absolute atomic E-state index is 13.3. The van der Waals surface area contributed by atoms with Crippen molar-refractivity contribution < 1.29 is 9.18 Å². The first-order chi connectivity index (χ1) is 8.67. The molecule has 0 heterocycles. The van der Waals surface area contributed by atoms with Crippen LogP contribution in [0.15, 0.2) is 12.1 Å². The first-order valence-corrected chi connectivity index (χ1v) is 10.0. The molecule has 1 fully saturated rings. The first-order valence-electron chi connectivity index (χ1n) is 6.31. The van der Waals surface area contributed by atoms with Gasteiger partial charge in [-0.05, 0) is 49.9 Å². The number of carbonyl (C=O) groups excluding carboxylic acids is 1. The van der Waals surface area contributed by atoms with Gasteiger partial charge in [0.15, 0.2) is 0 Å². The summed E-state index contributed by atoms with van der Waals surface area (Å²) in [5, 5.41) is 2.63. The molecule has 0 aromatic heterocycles.